The fourth-order valence-electron chi connectivity index (χ4n) is 2.52. The number of aromatic nitrogens is 2. The minimum Gasteiger partial charge on any atom is -0.406 e. The number of imidazole rings is 1. The van der Waals surface area contributed by atoms with E-state index in [1.807, 2.05) is 6.92 Å². The molecule has 0 saturated heterocycles. The summed E-state index contributed by atoms with van der Waals surface area (Å²) in [5.74, 6) is 0.260. The predicted molar refractivity (Wildman–Crippen MR) is 88.1 cm³/mol. The molecule has 4 nitrogen and oxygen atoms in total. The summed E-state index contributed by atoms with van der Waals surface area (Å²) in [4.78, 5) is 7.63. The molecule has 1 atom stereocenters. The Balaban J connectivity index is 1.91. The summed E-state index contributed by atoms with van der Waals surface area (Å²) in [6.45, 7) is 2.24. The molecule has 0 amide bonds. The molecule has 2 radical (unpaired) electrons. The lowest BCUT2D eigenvalue weighted by atomic mass is 9.96. The second kappa shape index (κ2) is 6.80. The number of rotatable bonds is 5. The molecular formula is C17H14BF3N2O2. The maximum atomic E-state index is 12.3. The van der Waals surface area contributed by atoms with Gasteiger partial charge in [0, 0.05) is 6.61 Å². The minimum atomic E-state index is -4.72. The van der Waals surface area contributed by atoms with E-state index in [1.165, 1.54) is 24.3 Å². The van der Waals surface area contributed by atoms with Gasteiger partial charge >= 0.3 is 6.36 Å². The Morgan fingerprint density at radius 1 is 1.16 bits per heavy atom. The summed E-state index contributed by atoms with van der Waals surface area (Å²) in [6.07, 6.45) is -5.27. The number of ether oxygens (including phenoxy) is 2. The molecule has 0 aliphatic heterocycles. The lowest BCUT2D eigenvalue weighted by Crippen LogP contribution is -2.17. The first-order valence-corrected chi connectivity index (χ1v) is 7.58. The highest BCUT2D eigenvalue weighted by Crippen LogP contribution is 2.29. The predicted octanol–water partition coefficient (Wildman–Crippen LogP) is 3.38. The Labute approximate surface area is 143 Å². The van der Waals surface area contributed by atoms with E-state index in [0.717, 1.165) is 11.0 Å². The van der Waals surface area contributed by atoms with Crippen molar-refractivity contribution >= 4 is 24.3 Å². The molecule has 1 N–H and O–H groups in total. The van der Waals surface area contributed by atoms with Crippen LogP contribution in [0.15, 0.2) is 42.5 Å². The summed E-state index contributed by atoms with van der Waals surface area (Å²) in [5.41, 5.74) is 2.75. The van der Waals surface area contributed by atoms with Gasteiger partial charge in [-0.05, 0) is 36.8 Å². The van der Waals surface area contributed by atoms with Gasteiger partial charge in [-0.1, -0.05) is 23.7 Å². The smallest absolute Gasteiger partial charge is 0.406 e. The Kier molecular flexibility index (Phi) is 4.72. The first kappa shape index (κ1) is 17.4. The van der Waals surface area contributed by atoms with E-state index >= 15 is 0 Å². The van der Waals surface area contributed by atoms with Gasteiger partial charge in [0.25, 0.3) is 0 Å². The average Bonchev–Trinajstić information content (AvgIpc) is 2.94. The number of nitrogens with one attached hydrogen (secondary N) is 1. The van der Waals surface area contributed by atoms with Crippen LogP contribution in [-0.4, -0.2) is 30.8 Å². The van der Waals surface area contributed by atoms with Crippen LogP contribution in [0, 0.1) is 0 Å². The van der Waals surface area contributed by atoms with E-state index in [1.54, 1.807) is 18.2 Å². The van der Waals surface area contributed by atoms with Crippen LogP contribution in [0.2, 0.25) is 0 Å². The topological polar surface area (TPSA) is 47.1 Å². The molecule has 25 heavy (non-hydrogen) atoms. The first-order chi connectivity index (χ1) is 11.9. The lowest BCUT2D eigenvalue weighted by Gasteiger charge is -2.16. The van der Waals surface area contributed by atoms with Gasteiger partial charge in [0.15, 0.2) is 0 Å². The highest BCUT2D eigenvalue weighted by molar-refractivity contribution is 6.33. The molecule has 128 valence electrons. The fourth-order valence-corrected chi connectivity index (χ4v) is 2.52. The van der Waals surface area contributed by atoms with Gasteiger partial charge in [-0.3, -0.25) is 0 Å². The van der Waals surface area contributed by atoms with E-state index in [2.05, 4.69) is 14.7 Å². The molecule has 3 rings (SSSR count). The average molecular weight is 346 g/mol. The van der Waals surface area contributed by atoms with Gasteiger partial charge in [0.2, 0.25) is 0 Å². The highest BCUT2D eigenvalue weighted by atomic mass is 19.4. The van der Waals surface area contributed by atoms with Crippen molar-refractivity contribution in [2.24, 2.45) is 0 Å². The third-order valence-corrected chi connectivity index (χ3v) is 3.52. The molecule has 0 saturated carbocycles. The quantitative estimate of drug-likeness (QED) is 0.721. The van der Waals surface area contributed by atoms with Crippen LogP contribution < -0.4 is 10.2 Å². The van der Waals surface area contributed by atoms with Crippen LogP contribution in [0.1, 0.15) is 24.4 Å². The number of aromatic amines is 1. The van der Waals surface area contributed by atoms with Crippen molar-refractivity contribution in [1.29, 1.82) is 0 Å². The molecule has 0 aliphatic rings. The van der Waals surface area contributed by atoms with E-state index in [9.17, 15) is 13.2 Å². The van der Waals surface area contributed by atoms with Gasteiger partial charge in [-0.25, -0.2) is 4.98 Å². The van der Waals surface area contributed by atoms with E-state index in [0.29, 0.717) is 23.5 Å². The molecule has 0 spiro atoms. The van der Waals surface area contributed by atoms with Crippen molar-refractivity contribution in [2.45, 2.75) is 19.4 Å². The zero-order valence-electron chi connectivity index (χ0n) is 13.3. The zero-order valence-corrected chi connectivity index (χ0v) is 13.3. The number of nitrogens with zero attached hydrogens (tertiary/aromatic N) is 1. The van der Waals surface area contributed by atoms with Gasteiger partial charge in [0.05, 0.1) is 11.0 Å². The highest BCUT2D eigenvalue weighted by Gasteiger charge is 2.31. The summed E-state index contributed by atoms with van der Waals surface area (Å²) >= 11 is 0. The number of alkyl halides is 3. The third-order valence-electron chi connectivity index (χ3n) is 3.52. The van der Waals surface area contributed by atoms with Gasteiger partial charge in [0.1, 0.15) is 25.5 Å². The van der Waals surface area contributed by atoms with Gasteiger partial charge in [-0.2, -0.15) is 0 Å². The maximum Gasteiger partial charge on any atom is 0.573 e. The van der Waals surface area contributed by atoms with Crippen molar-refractivity contribution in [3.05, 3.63) is 53.9 Å². The second-order valence-corrected chi connectivity index (χ2v) is 5.35. The summed E-state index contributed by atoms with van der Waals surface area (Å²) in [5, 5.41) is 0. The molecule has 8 heteroatoms. The lowest BCUT2D eigenvalue weighted by molar-refractivity contribution is -0.274. The van der Waals surface area contributed by atoms with Gasteiger partial charge in [-0.15, -0.1) is 13.2 Å². The number of H-pyrrole nitrogens is 1. The Morgan fingerprint density at radius 2 is 1.88 bits per heavy atom. The maximum absolute atomic E-state index is 12.3. The molecule has 1 heterocycles. The summed E-state index contributed by atoms with van der Waals surface area (Å²) in [6, 6.07) is 10.8. The standard InChI is InChI=1S/C17H14BF3N2O2/c1-2-24-15(10-3-6-12(7-4-10)25-17(19,20)21)16-22-13-8-5-11(18)9-14(13)23-16/h3-9,15H,2H2,1H3,(H,22,23). The minimum absolute atomic E-state index is 0.288. The normalized spacial score (nSPS) is 13.1. The Hall–Kier alpha value is -2.48. The van der Waals surface area contributed by atoms with E-state index in [4.69, 9.17) is 12.6 Å². The molecule has 0 bridgehead atoms. The number of hydrogen-bond donors (Lipinski definition) is 1. The molecule has 2 aromatic carbocycles. The van der Waals surface area contributed by atoms with Crippen molar-refractivity contribution < 1.29 is 22.6 Å². The molecule has 0 aliphatic carbocycles. The molecule has 3 aromatic rings. The van der Waals surface area contributed by atoms with Gasteiger partial charge < -0.3 is 14.5 Å². The SMILES string of the molecule is [B]c1ccc2nc(C(OCC)c3ccc(OC(F)(F)F)cc3)[nH]c2c1. The number of fused-ring (bicyclic) bond motifs is 1. The summed E-state index contributed by atoms with van der Waals surface area (Å²) in [7, 11) is 5.76. The van der Waals surface area contributed by atoms with Crippen LogP contribution in [0.25, 0.3) is 11.0 Å². The largest absolute Gasteiger partial charge is 0.573 e. The monoisotopic (exact) mass is 346 g/mol. The molecule has 1 unspecified atom stereocenters. The van der Waals surface area contributed by atoms with Crippen molar-refractivity contribution in [3.8, 4) is 5.75 Å². The fraction of sp³-hybridized carbons (Fsp3) is 0.235. The number of benzene rings is 2. The van der Waals surface area contributed by atoms with Crippen LogP contribution >= 0.6 is 0 Å². The van der Waals surface area contributed by atoms with Crippen molar-refractivity contribution in [1.82, 2.24) is 9.97 Å². The van der Waals surface area contributed by atoms with E-state index in [-0.39, 0.29) is 5.75 Å². The van der Waals surface area contributed by atoms with E-state index < -0.39 is 12.5 Å². The molecule has 1 aromatic heterocycles. The molecule has 0 fully saturated rings. The first-order valence-electron chi connectivity index (χ1n) is 7.58. The Morgan fingerprint density at radius 3 is 2.52 bits per heavy atom. The Bertz CT molecular complexity index is 862. The zero-order chi connectivity index (χ0) is 18.0. The van der Waals surface area contributed by atoms with Crippen molar-refractivity contribution in [3.63, 3.8) is 0 Å². The molecular weight excluding hydrogens is 332 g/mol. The van der Waals surface area contributed by atoms with Crippen LogP contribution in [0.5, 0.6) is 5.75 Å². The van der Waals surface area contributed by atoms with Crippen molar-refractivity contribution in [2.75, 3.05) is 6.61 Å². The third kappa shape index (κ3) is 4.14. The second-order valence-electron chi connectivity index (χ2n) is 5.35. The van der Waals surface area contributed by atoms with Crippen LogP contribution in [-0.2, 0) is 4.74 Å². The van der Waals surface area contributed by atoms with Crippen LogP contribution in [0.4, 0.5) is 13.2 Å². The summed E-state index contributed by atoms with van der Waals surface area (Å²) < 4.78 is 46.4. The number of hydrogen-bond acceptors (Lipinski definition) is 3. The number of halogens is 3. The van der Waals surface area contributed by atoms with Crippen LogP contribution in [0.3, 0.4) is 0 Å².